The van der Waals surface area contributed by atoms with Gasteiger partial charge < -0.3 is 19.5 Å². The summed E-state index contributed by atoms with van der Waals surface area (Å²) in [6.45, 7) is 5.20. The Hall–Kier alpha value is -1.75. The molecule has 1 aliphatic heterocycles. The Balaban J connectivity index is 2.26. The van der Waals surface area contributed by atoms with Crippen molar-refractivity contribution in [2.45, 2.75) is 46.1 Å². The van der Waals surface area contributed by atoms with Crippen LogP contribution in [0.3, 0.4) is 0 Å². The topological polar surface area (TPSA) is 59.0 Å². The maximum absolute atomic E-state index is 12.2. The SMILES string of the molecule is CCCCCCN1C(=O)COc2c(OCC)cc(CO)cc21. The Kier molecular flexibility index (Phi) is 6.07. The van der Waals surface area contributed by atoms with Crippen molar-refractivity contribution < 1.29 is 19.4 Å². The molecule has 122 valence electrons. The molecule has 1 amide bonds. The van der Waals surface area contributed by atoms with Crippen molar-refractivity contribution >= 4 is 11.6 Å². The quantitative estimate of drug-likeness (QED) is 0.750. The largest absolute Gasteiger partial charge is 0.490 e. The van der Waals surface area contributed by atoms with Crippen molar-refractivity contribution in [1.29, 1.82) is 0 Å². The van der Waals surface area contributed by atoms with E-state index in [2.05, 4.69) is 6.92 Å². The number of unbranched alkanes of at least 4 members (excludes halogenated alkanes) is 3. The van der Waals surface area contributed by atoms with Gasteiger partial charge in [-0.2, -0.15) is 0 Å². The van der Waals surface area contributed by atoms with Crippen LogP contribution in [0.25, 0.3) is 0 Å². The summed E-state index contributed by atoms with van der Waals surface area (Å²) in [6.07, 6.45) is 4.41. The van der Waals surface area contributed by atoms with Gasteiger partial charge in [0.2, 0.25) is 0 Å². The van der Waals surface area contributed by atoms with Crippen LogP contribution in [0.4, 0.5) is 5.69 Å². The minimum atomic E-state index is -0.0920. The zero-order valence-corrected chi connectivity index (χ0v) is 13.4. The first kappa shape index (κ1) is 16.6. The number of amides is 1. The van der Waals surface area contributed by atoms with E-state index >= 15 is 0 Å². The number of nitrogens with zero attached hydrogens (tertiary/aromatic N) is 1. The molecular weight excluding hydrogens is 282 g/mol. The zero-order chi connectivity index (χ0) is 15.9. The second-order valence-corrected chi connectivity index (χ2v) is 5.43. The van der Waals surface area contributed by atoms with Gasteiger partial charge in [-0.25, -0.2) is 0 Å². The molecule has 1 N–H and O–H groups in total. The fraction of sp³-hybridized carbons (Fsp3) is 0.588. The van der Waals surface area contributed by atoms with Gasteiger partial charge in [0.1, 0.15) is 0 Å². The lowest BCUT2D eigenvalue weighted by Crippen LogP contribution is -2.39. The normalized spacial score (nSPS) is 13.8. The lowest BCUT2D eigenvalue weighted by atomic mass is 10.1. The van der Waals surface area contributed by atoms with E-state index in [0.717, 1.165) is 24.8 Å². The van der Waals surface area contributed by atoms with E-state index in [0.29, 0.717) is 30.3 Å². The van der Waals surface area contributed by atoms with Gasteiger partial charge in [-0.1, -0.05) is 26.2 Å². The van der Waals surface area contributed by atoms with Gasteiger partial charge in [0.25, 0.3) is 5.91 Å². The zero-order valence-electron chi connectivity index (χ0n) is 13.4. The molecule has 0 saturated heterocycles. The third kappa shape index (κ3) is 3.71. The summed E-state index contributed by atoms with van der Waals surface area (Å²) in [5, 5.41) is 9.43. The van der Waals surface area contributed by atoms with Crippen molar-refractivity contribution in [3.8, 4) is 11.5 Å². The van der Waals surface area contributed by atoms with Gasteiger partial charge in [-0.15, -0.1) is 0 Å². The smallest absolute Gasteiger partial charge is 0.265 e. The Morgan fingerprint density at radius 2 is 2.09 bits per heavy atom. The summed E-state index contributed by atoms with van der Waals surface area (Å²) >= 11 is 0. The number of hydrogen-bond acceptors (Lipinski definition) is 4. The van der Waals surface area contributed by atoms with E-state index in [1.54, 1.807) is 11.0 Å². The highest BCUT2D eigenvalue weighted by atomic mass is 16.5. The molecule has 2 rings (SSSR count). The van der Waals surface area contributed by atoms with Crippen molar-refractivity contribution in [2.75, 3.05) is 24.7 Å². The van der Waals surface area contributed by atoms with Gasteiger partial charge in [0.05, 0.1) is 18.9 Å². The Labute approximate surface area is 131 Å². The molecule has 0 saturated carbocycles. The van der Waals surface area contributed by atoms with Gasteiger partial charge >= 0.3 is 0 Å². The molecule has 0 atom stereocenters. The number of aliphatic hydroxyl groups excluding tert-OH is 1. The number of ether oxygens (including phenoxy) is 2. The van der Waals surface area contributed by atoms with E-state index in [-0.39, 0.29) is 19.1 Å². The third-order valence-electron chi connectivity index (χ3n) is 3.74. The van der Waals surface area contributed by atoms with Crippen LogP contribution >= 0.6 is 0 Å². The molecule has 0 bridgehead atoms. The summed E-state index contributed by atoms with van der Waals surface area (Å²) in [7, 11) is 0. The second kappa shape index (κ2) is 8.03. The minimum absolute atomic E-state index is 0.0402. The van der Waals surface area contributed by atoms with E-state index in [1.165, 1.54) is 6.42 Å². The lowest BCUT2D eigenvalue weighted by Gasteiger charge is -2.31. The molecule has 0 unspecified atom stereocenters. The fourth-order valence-corrected chi connectivity index (χ4v) is 2.63. The predicted molar refractivity (Wildman–Crippen MR) is 85.5 cm³/mol. The molecule has 0 radical (unpaired) electrons. The molecule has 0 aliphatic carbocycles. The van der Waals surface area contributed by atoms with Gasteiger partial charge in [-0.3, -0.25) is 4.79 Å². The summed E-state index contributed by atoms with van der Waals surface area (Å²) < 4.78 is 11.2. The highest BCUT2D eigenvalue weighted by molar-refractivity contribution is 5.98. The number of carbonyl (C=O) groups is 1. The van der Waals surface area contributed by atoms with Crippen LogP contribution in [0.1, 0.15) is 45.1 Å². The minimum Gasteiger partial charge on any atom is -0.490 e. The van der Waals surface area contributed by atoms with E-state index < -0.39 is 0 Å². The highest BCUT2D eigenvalue weighted by Gasteiger charge is 2.28. The monoisotopic (exact) mass is 307 g/mol. The average Bonchev–Trinajstić information content (AvgIpc) is 2.53. The van der Waals surface area contributed by atoms with Crippen molar-refractivity contribution in [1.82, 2.24) is 0 Å². The molecule has 1 aromatic rings. The Bertz CT molecular complexity index is 516. The number of carbonyl (C=O) groups excluding carboxylic acids is 1. The van der Waals surface area contributed by atoms with E-state index in [4.69, 9.17) is 9.47 Å². The van der Waals surface area contributed by atoms with Gasteiger partial charge in [0, 0.05) is 6.54 Å². The molecule has 1 aromatic carbocycles. The molecule has 0 spiro atoms. The van der Waals surface area contributed by atoms with Crippen LogP contribution in [-0.2, 0) is 11.4 Å². The summed E-state index contributed by atoms with van der Waals surface area (Å²) in [4.78, 5) is 13.9. The van der Waals surface area contributed by atoms with Crippen LogP contribution in [-0.4, -0.2) is 30.8 Å². The molecule has 22 heavy (non-hydrogen) atoms. The second-order valence-electron chi connectivity index (χ2n) is 5.43. The number of rotatable bonds is 8. The molecule has 5 nitrogen and oxygen atoms in total. The van der Waals surface area contributed by atoms with E-state index in [1.807, 2.05) is 13.0 Å². The highest BCUT2D eigenvalue weighted by Crippen LogP contribution is 2.41. The van der Waals surface area contributed by atoms with Crippen molar-refractivity contribution in [3.63, 3.8) is 0 Å². The number of hydrogen-bond donors (Lipinski definition) is 1. The van der Waals surface area contributed by atoms with Crippen LogP contribution in [0, 0.1) is 0 Å². The predicted octanol–water partition coefficient (Wildman–Crippen LogP) is 2.88. The fourth-order valence-electron chi connectivity index (χ4n) is 2.63. The number of aliphatic hydroxyl groups is 1. The lowest BCUT2D eigenvalue weighted by molar-refractivity contribution is -0.121. The summed E-state index contributed by atoms with van der Waals surface area (Å²) in [5.41, 5.74) is 1.43. The summed E-state index contributed by atoms with van der Waals surface area (Å²) in [5.74, 6) is 1.16. The molecule has 1 aliphatic rings. The van der Waals surface area contributed by atoms with Crippen LogP contribution in [0.2, 0.25) is 0 Å². The van der Waals surface area contributed by atoms with Crippen LogP contribution in [0.15, 0.2) is 12.1 Å². The third-order valence-corrected chi connectivity index (χ3v) is 3.74. The molecule has 5 heteroatoms. The van der Waals surface area contributed by atoms with Crippen molar-refractivity contribution in [2.24, 2.45) is 0 Å². The van der Waals surface area contributed by atoms with Crippen LogP contribution in [0.5, 0.6) is 11.5 Å². The van der Waals surface area contributed by atoms with Gasteiger partial charge in [0.15, 0.2) is 18.1 Å². The molecule has 0 aromatic heterocycles. The Morgan fingerprint density at radius 1 is 1.27 bits per heavy atom. The average molecular weight is 307 g/mol. The molecule has 1 heterocycles. The first-order valence-electron chi connectivity index (χ1n) is 8.05. The van der Waals surface area contributed by atoms with Crippen molar-refractivity contribution in [3.05, 3.63) is 17.7 Å². The maximum atomic E-state index is 12.2. The Morgan fingerprint density at radius 3 is 2.77 bits per heavy atom. The first-order chi connectivity index (χ1) is 10.7. The molecular formula is C17H25NO4. The van der Waals surface area contributed by atoms with Gasteiger partial charge in [-0.05, 0) is 31.0 Å². The maximum Gasteiger partial charge on any atom is 0.265 e. The number of benzene rings is 1. The number of fused-ring (bicyclic) bond motifs is 1. The number of anilines is 1. The first-order valence-corrected chi connectivity index (χ1v) is 8.05. The van der Waals surface area contributed by atoms with Crippen LogP contribution < -0.4 is 14.4 Å². The molecule has 0 fully saturated rings. The summed E-state index contributed by atoms with van der Waals surface area (Å²) in [6, 6.07) is 3.59. The van der Waals surface area contributed by atoms with E-state index in [9.17, 15) is 9.90 Å². The standard InChI is InChI=1S/C17H25NO4/c1-3-5-6-7-8-18-14-9-13(11-19)10-15(21-4-2)17(14)22-12-16(18)20/h9-10,19H,3-8,11-12H2,1-2H3.